The summed E-state index contributed by atoms with van der Waals surface area (Å²) in [5, 5.41) is 13.7. The van der Waals surface area contributed by atoms with E-state index in [-0.39, 0.29) is 17.3 Å². The molecular formula is C16H21N3O3S2. The number of piperidine rings is 1. The second kappa shape index (κ2) is 8.43. The molecule has 1 aliphatic heterocycles. The maximum absolute atomic E-state index is 12.1. The normalized spacial score (nSPS) is 15.2. The first-order valence-electron chi connectivity index (χ1n) is 7.84. The quantitative estimate of drug-likeness (QED) is 0.498. The number of nitro benzene ring substituents is 1. The number of nitrogens with zero attached hydrogens (tertiary/aromatic N) is 2. The number of thioether (sulfide) groups is 1. The maximum atomic E-state index is 12.1. The molecule has 0 bridgehead atoms. The number of rotatable bonds is 4. The lowest BCUT2D eigenvalue weighted by atomic mass is 10.00. The molecule has 1 N–H and O–H groups in total. The summed E-state index contributed by atoms with van der Waals surface area (Å²) in [7, 11) is 0. The molecule has 0 aromatic heterocycles. The van der Waals surface area contributed by atoms with E-state index in [9.17, 15) is 14.9 Å². The van der Waals surface area contributed by atoms with Gasteiger partial charge in [-0.15, -0.1) is 0 Å². The lowest BCUT2D eigenvalue weighted by molar-refractivity contribution is -0.385. The minimum Gasteiger partial charge on any atom is -0.357 e. The summed E-state index contributed by atoms with van der Waals surface area (Å²) in [5.74, 6) is 0.720. The number of carbonyl (C=O) groups excluding carboxylic acids is 1. The smallest absolute Gasteiger partial charge is 0.274 e. The fourth-order valence-corrected chi connectivity index (χ4v) is 3.60. The van der Waals surface area contributed by atoms with Gasteiger partial charge in [-0.05, 0) is 31.7 Å². The van der Waals surface area contributed by atoms with Gasteiger partial charge < -0.3 is 10.2 Å². The molecular weight excluding hydrogens is 346 g/mol. The molecule has 1 saturated heterocycles. The molecule has 6 nitrogen and oxygen atoms in total. The van der Waals surface area contributed by atoms with E-state index >= 15 is 0 Å². The lowest BCUT2D eigenvalue weighted by Crippen LogP contribution is -2.36. The van der Waals surface area contributed by atoms with Gasteiger partial charge in [-0.3, -0.25) is 14.9 Å². The van der Waals surface area contributed by atoms with Crippen LogP contribution in [0.15, 0.2) is 18.2 Å². The van der Waals surface area contributed by atoms with Crippen LogP contribution in [-0.2, 0) is 4.79 Å². The number of nitrogens with one attached hydrogen (secondary N) is 1. The van der Waals surface area contributed by atoms with Gasteiger partial charge in [0.1, 0.15) is 4.32 Å². The molecule has 24 heavy (non-hydrogen) atoms. The van der Waals surface area contributed by atoms with Crippen LogP contribution in [0.5, 0.6) is 0 Å². The molecule has 1 heterocycles. The van der Waals surface area contributed by atoms with Crippen LogP contribution in [-0.4, -0.2) is 38.9 Å². The SMILES string of the molecule is Cc1c(NC(=O)CSC(=S)N2CCC(C)CC2)cccc1[N+](=O)[O-]. The van der Waals surface area contributed by atoms with Crippen LogP contribution in [0.1, 0.15) is 25.3 Å². The van der Waals surface area contributed by atoms with Crippen LogP contribution in [0.25, 0.3) is 0 Å². The third kappa shape index (κ3) is 4.91. The van der Waals surface area contributed by atoms with Crippen molar-refractivity contribution in [2.45, 2.75) is 26.7 Å². The zero-order valence-corrected chi connectivity index (χ0v) is 15.4. The molecule has 2 rings (SSSR count). The highest BCUT2D eigenvalue weighted by Gasteiger charge is 2.19. The van der Waals surface area contributed by atoms with E-state index < -0.39 is 4.92 Å². The molecule has 0 atom stereocenters. The third-order valence-corrected chi connectivity index (χ3v) is 5.67. The Bertz CT molecular complexity index is 643. The highest BCUT2D eigenvalue weighted by molar-refractivity contribution is 8.23. The van der Waals surface area contributed by atoms with E-state index in [1.807, 2.05) is 0 Å². The highest BCUT2D eigenvalue weighted by atomic mass is 32.2. The van der Waals surface area contributed by atoms with Gasteiger partial charge in [0.2, 0.25) is 5.91 Å². The summed E-state index contributed by atoms with van der Waals surface area (Å²) in [4.78, 5) is 24.7. The fourth-order valence-electron chi connectivity index (χ4n) is 2.55. The zero-order valence-electron chi connectivity index (χ0n) is 13.8. The number of hydrogen-bond donors (Lipinski definition) is 1. The summed E-state index contributed by atoms with van der Waals surface area (Å²) in [6, 6.07) is 4.65. The number of anilines is 1. The molecule has 130 valence electrons. The number of nitro groups is 1. The molecule has 0 radical (unpaired) electrons. The largest absolute Gasteiger partial charge is 0.357 e. The Morgan fingerprint density at radius 1 is 1.46 bits per heavy atom. The van der Waals surface area contributed by atoms with Crippen LogP contribution in [0.3, 0.4) is 0 Å². The van der Waals surface area contributed by atoms with Crippen LogP contribution in [0.2, 0.25) is 0 Å². The van der Waals surface area contributed by atoms with E-state index in [2.05, 4.69) is 17.1 Å². The number of carbonyl (C=O) groups is 1. The van der Waals surface area contributed by atoms with Crippen LogP contribution < -0.4 is 5.32 Å². The summed E-state index contributed by atoms with van der Waals surface area (Å²) < 4.78 is 0.743. The van der Waals surface area contributed by atoms with E-state index in [0.29, 0.717) is 11.3 Å². The molecule has 0 aliphatic carbocycles. The molecule has 1 aromatic carbocycles. The molecule has 1 aliphatic rings. The summed E-state index contributed by atoms with van der Waals surface area (Å²) in [6.45, 7) is 5.75. The predicted octanol–water partition coefficient (Wildman–Crippen LogP) is 3.59. The van der Waals surface area contributed by atoms with Crippen LogP contribution in [0.4, 0.5) is 11.4 Å². The Balaban J connectivity index is 1.86. The summed E-state index contributed by atoms with van der Waals surface area (Å²) in [6.07, 6.45) is 2.25. The van der Waals surface area contributed by atoms with E-state index in [1.165, 1.54) is 17.8 Å². The average Bonchev–Trinajstić information content (AvgIpc) is 2.55. The number of thiocarbonyl (C=S) groups is 1. The number of amides is 1. The Labute approximate surface area is 151 Å². The summed E-state index contributed by atoms with van der Waals surface area (Å²) in [5.41, 5.74) is 0.916. The first-order chi connectivity index (χ1) is 11.4. The van der Waals surface area contributed by atoms with Crippen molar-refractivity contribution in [2.75, 3.05) is 24.2 Å². The Morgan fingerprint density at radius 2 is 2.12 bits per heavy atom. The van der Waals surface area contributed by atoms with Crippen molar-refractivity contribution in [3.05, 3.63) is 33.9 Å². The minimum absolute atomic E-state index is 0.00147. The Hall–Kier alpha value is -1.67. The van der Waals surface area contributed by atoms with Crippen molar-refractivity contribution in [1.82, 2.24) is 4.90 Å². The van der Waals surface area contributed by atoms with Crippen LogP contribution >= 0.6 is 24.0 Å². The van der Waals surface area contributed by atoms with Gasteiger partial charge in [0, 0.05) is 19.2 Å². The van der Waals surface area contributed by atoms with E-state index in [4.69, 9.17) is 12.2 Å². The number of benzene rings is 1. The Kier molecular flexibility index (Phi) is 6.56. The summed E-state index contributed by atoms with van der Waals surface area (Å²) >= 11 is 6.74. The maximum Gasteiger partial charge on any atom is 0.274 e. The van der Waals surface area contributed by atoms with E-state index in [1.54, 1.807) is 19.1 Å². The van der Waals surface area contributed by atoms with Gasteiger partial charge in [0.25, 0.3) is 5.69 Å². The molecule has 1 fully saturated rings. The molecule has 0 spiro atoms. The first-order valence-corrected chi connectivity index (χ1v) is 9.23. The lowest BCUT2D eigenvalue weighted by Gasteiger charge is -2.31. The van der Waals surface area contributed by atoms with Crippen molar-refractivity contribution >= 4 is 45.6 Å². The van der Waals surface area contributed by atoms with Crippen molar-refractivity contribution in [1.29, 1.82) is 0 Å². The van der Waals surface area contributed by atoms with Gasteiger partial charge in [0.05, 0.1) is 21.9 Å². The van der Waals surface area contributed by atoms with Crippen molar-refractivity contribution < 1.29 is 9.72 Å². The molecule has 0 unspecified atom stereocenters. The number of hydrogen-bond acceptors (Lipinski definition) is 5. The standard InChI is InChI=1S/C16H21N3O3S2/c1-11-6-8-18(9-7-11)16(23)24-10-15(20)17-13-4-3-5-14(12(13)2)19(21)22/h3-5,11H,6-10H2,1-2H3,(H,17,20). The van der Waals surface area contributed by atoms with Gasteiger partial charge in [-0.1, -0.05) is 37.0 Å². The predicted molar refractivity (Wildman–Crippen MR) is 101 cm³/mol. The number of likely N-dealkylation sites (tertiary alicyclic amines) is 1. The van der Waals surface area contributed by atoms with Gasteiger partial charge >= 0.3 is 0 Å². The van der Waals surface area contributed by atoms with Crippen molar-refractivity contribution in [2.24, 2.45) is 5.92 Å². The van der Waals surface area contributed by atoms with Gasteiger partial charge in [0.15, 0.2) is 0 Å². The topological polar surface area (TPSA) is 75.5 Å². The second-order valence-electron chi connectivity index (χ2n) is 5.98. The molecule has 8 heteroatoms. The Morgan fingerprint density at radius 3 is 2.75 bits per heavy atom. The zero-order chi connectivity index (χ0) is 17.7. The third-order valence-electron chi connectivity index (χ3n) is 4.14. The monoisotopic (exact) mass is 367 g/mol. The minimum atomic E-state index is -0.452. The second-order valence-corrected chi connectivity index (χ2v) is 7.59. The molecule has 1 amide bonds. The molecule has 0 saturated carbocycles. The van der Waals surface area contributed by atoms with Gasteiger partial charge in [-0.2, -0.15) is 0 Å². The van der Waals surface area contributed by atoms with E-state index in [0.717, 1.165) is 36.2 Å². The average molecular weight is 367 g/mol. The van der Waals surface area contributed by atoms with Gasteiger partial charge in [-0.25, -0.2) is 0 Å². The molecule has 1 aromatic rings. The highest BCUT2D eigenvalue weighted by Crippen LogP contribution is 2.25. The van der Waals surface area contributed by atoms with Crippen molar-refractivity contribution in [3.8, 4) is 0 Å². The van der Waals surface area contributed by atoms with Crippen molar-refractivity contribution in [3.63, 3.8) is 0 Å². The first kappa shape index (κ1) is 18.7. The fraction of sp³-hybridized carbons (Fsp3) is 0.500. The van der Waals surface area contributed by atoms with Crippen LogP contribution in [0, 0.1) is 23.0 Å².